The number of hydrogen-bond donors (Lipinski definition) is 1. The molecule has 1 aromatic heterocycles. The third-order valence-corrected chi connectivity index (χ3v) is 3.26. The van der Waals surface area contributed by atoms with E-state index in [0.717, 1.165) is 19.0 Å². The number of rotatable bonds is 2. The Kier molecular flexibility index (Phi) is 3.38. The molecule has 0 unspecified atom stereocenters. The molecule has 4 nitrogen and oxygen atoms in total. The first-order chi connectivity index (χ1) is 8.11. The molecule has 0 aliphatic heterocycles. The van der Waals surface area contributed by atoms with E-state index in [1.54, 1.807) is 7.05 Å². The fourth-order valence-corrected chi connectivity index (χ4v) is 2.26. The minimum atomic E-state index is -0.628. The highest BCUT2D eigenvalue weighted by molar-refractivity contribution is 5.94. The number of aromatic nitrogens is 1. The van der Waals surface area contributed by atoms with Crippen molar-refractivity contribution in [1.29, 1.82) is 0 Å². The Bertz CT molecular complexity index is 425. The van der Waals surface area contributed by atoms with Gasteiger partial charge in [-0.05, 0) is 25.3 Å². The number of likely N-dealkylation sites (N-methyl/N-ethyl adjacent to an activating group) is 1. The topological polar surface area (TPSA) is 53.4 Å². The molecule has 1 amide bonds. The van der Waals surface area contributed by atoms with Crippen LogP contribution in [0.2, 0.25) is 0 Å². The lowest BCUT2D eigenvalue weighted by atomic mass is 10.1. The van der Waals surface area contributed by atoms with Crippen LogP contribution in [0.25, 0.3) is 0 Å². The van der Waals surface area contributed by atoms with Gasteiger partial charge in [-0.15, -0.1) is 0 Å². The van der Waals surface area contributed by atoms with Crippen LogP contribution in [-0.2, 0) is 0 Å². The molecule has 92 valence electrons. The smallest absolute Gasteiger partial charge is 0.257 e. The summed E-state index contributed by atoms with van der Waals surface area (Å²) in [5.74, 6) is -1.03. The molecule has 1 fully saturated rings. The van der Waals surface area contributed by atoms with Crippen molar-refractivity contribution in [1.82, 2.24) is 9.88 Å². The Labute approximate surface area is 99.1 Å². The standard InChI is InChI=1S/C12H15FN2O2/c1-15(10-3-2-4-11(10)16)12(17)8-5-6-14-7-9(8)13/h5-7,10-11,16H,2-4H2,1H3/t10-,11-/m1/s1. The zero-order chi connectivity index (χ0) is 12.4. The van der Waals surface area contributed by atoms with Crippen molar-refractivity contribution in [3.05, 3.63) is 29.8 Å². The maximum absolute atomic E-state index is 13.4. The van der Waals surface area contributed by atoms with Gasteiger partial charge >= 0.3 is 0 Å². The van der Waals surface area contributed by atoms with Gasteiger partial charge in [0.2, 0.25) is 0 Å². The number of amides is 1. The molecule has 0 spiro atoms. The summed E-state index contributed by atoms with van der Waals surface area (Å²) in [5.41, 5.74) is 0.00148. The lowest BCUT2D eigenvalue weighted by Crippen LogP contribution is -2.41. The lowest BCUT2D eigenvalue weighted by Gasteiger charge is -2.27. The molecule has 2 atom stereocenters. The van der Waals surface area contributed by atoms with E-state index in [2.05, 4.69) is 4.98 Å². The molecule has 0 aromatic carbocycles. The zero-order valence-corrected chi connectivity index (χ0v) is 9.64. The van der Waals surface area contributed by atoms with Gasteiger partial charge in [0.1, 0.15) is 0 Å². The van der Waals surface area contributed by atoms with Crippen LogP contribution in [-0.4, -0.2) is 40.1 Å². The summed E-state index contributed by atoms with van der Waals surface area (Å²) in [4.78, 5) is 17.1. The summed E-state index contributed by atoms with van der Waals surface area (Å²) in [7, 11) is 1.60. The van der Waals surface area contributed by atoms with Gasteiger partial charge < -0.3 is 10.0 Å². The quantitative estimate of drug-likeness (QED) is 0.842. The van der Waals surface area contributed by atoms with Crippen LogP contribution in [0.4, 0.5) is 4.39 Å². The fraction of sp³-hybridized carbons (Fsp3) is 0.500. The molecule has 1 heterocycles. The highest BCUT2D eigenvalue weighted by atomic mass is 19.1. The SMILES string of the molecule is CN(C(=O)c1ccncc1F)[C@@H]1CCC[C@H]1O. The van der Waals surface area contributed by atoms with Gasteiger partial charge in [0.25, 0.3) is 5.91 Å². The van der Waals surface area contributed by atoms with Crippen molar-refractivity contribution in [2.45, 2.75) is 31.4 Å². The molecule has 0 radical (unpaired) electrons. The molecule has 1 N–H and O–H groups in total. The summed E-state index contributed by atoms with van der Waals surface area (Å²) in [6.07, 6.45) is 4.25. The average molecular weight is 238 g/mol. The second-order valence-corrected chi connectivity index (χ2v) is 4.34. The van der Waals surface area contributed by atoms with Gasteiger partial charge in [0.05, 0.1) is 23.9 Å². The number of aliphatic hydroxyl groups is 1. The van der Waals surface area contributed by atoms with Crippen molar-refractivity contribution in [3.8, 4) is 0 Å². The second kappa shape index (κ2) is 4.79. The first kappa shape index (κ1) is 12.0. The lowest BCUT2D eigenvalue weighted by molar-refractivity contribution is 0.0534. The number of nitrogens with zero attached hydrogens (tertiary/aromatic N) is 2. The van der Waals surface area contributed by atoms with Crippen LogP contribution in [0.3, 0.4) is 0 Å². The Morgan fingerprint density at radius 2 is 2.35 bits per heavy atom. The number of halogens is 1. The van der Waals surface area contributed by atoms with E-state index >= 15 is 0 Å². The maximum atomic E-state index is 13.4. The summed E-state index contributed by atoms with van der Waals surface area (Å²) in [5, 5.41) is 9.72. The van der Waals surface area contributed by atoms with E-state index < -0.39 is 17.8 Å². The summed E-state index contributed by atoms with van der Waals surface area (Å²) in [6, 6.07) is 1.14. The molecule has 5 heteroatoms. The number of hydrogen-bond acceptors (Lipinski definition) is 3. The number of carbonyl (C=O) groups is 1. The van der Waals surface area contributed by atoms with Crippen LogP contribution in [0.1, 0.15) is 29.6 Å². The molecule has 2 rings (SSSR count). The van der Waals surface area contributed by atoms with Gasteiger partial charge in [-0.1, -0.05) is 0 Å². The minimum absolute atomic E-state index is 0.00148. The molecule has 0 bridgehead atoms. The normalized spacial score (nSPS) is 23.7. The predicted molar refractivity (Wildman–Crippen MR) is 59.9 cm³/mol. The molecule has 1 aliphatic rings. The third-order valence-electron chi connectivity index (χ3n) is 3.26. The van der Waals surface area contributed by atoms with Gasteiger partial charge in [0.15, 0.2) is 5.82 Å². The van der Waals surface area contributed by atoms with Crippen LogP contribution in [0.5, 0.6) is 0 Å². The molecular weight excluding hydrogens is 223 g/mol. The largest absolute Gasteiger partial charge is 0.391 e. The highest BCUT2D eigenvalue weighted by Crippen LogP contribution is 2.24. The maximum Gasteiger partial charge on any atom is 0.257 e. The van der Waals surface area contributed by atoms with E-state index in [0.29, 0.717) is 6.42 Å². The monoisotopic (exact) mass is 238 g/mol. The second-order valence-electron chi connectivity index (χ2n) is 4.34. The summed E-state index contributed by atoms with van der Waals surface area (Å²) >= 11 is 0. The van der Waals surface area contributed by atoms with E-state index in [1.807, 2.05) is 0 Å². The number of carbonyl (C=O) groups excluding carboxylic acids is 1. The van der Waals surface area contributed by atoms with Gasteiger partial charge in [-0.25, -0.2) is 4.39 Å². The Balaban J connectivity index is 2.17. The van der Waals surface area contributed by atoms with Crippen LogP contribution in [0, 0.1) is 5.82 Å². The van der Waals surface area contributed by atoms with E-state index in [4.69, 9.17) is 0 Å². The van der Waals surface area contributed by atoms with Crippen molar-refractivity contribution in [2.24, 2.45) is 0 Å². The molecule has 0 saturated heterocycles. The Hall–Kier alpha value is -1.49. The summed E-state index contributed by atoms with van der Waals surface area (Å²) in [6.45, 7) is 0. The third kappa shape index (κ3) is 2.29. The summed E-state index contributed by atoms with van der Waals surface area (Å²) < 4.78 is 13.4. The Morgan fingerprint density at radius 1 is 1.59 bits per heavy atom. The molecule has 17 heavy (non-hydrogen) atoms. The van der Waals surface area contributed by atoms with Crippen molar-refractivity contribution in [3.63, 3.8) is 0 Å². The highest BCUT2D eigenvalue weighted by Gasteiger charge is 2.32. The van der Waals surface area contributed by atoms with Crippen molar-refractivity contribution >= 4 is 5.91 Å². The van der Waals surface area contributed by atoms with Crippen LogP contribution < -0.4 is 0 Å². The molecule has 1 aromatic rings. The van der Waals surface area contributed by atoms with E-state index in [1.165, 1.54) is 17.2 Å². The van der Waals surface area contributed by atoms with Crippen LogP contribution in [0.15, 0.2) is 18.5 Å². The van der Waals surface area contributed by atoms with Crippen molar-refractivity contribution in [2.75, 3.05) is 7.05 Å². The number of pyridine rings is 1. The van der Waals surface area contributed by atoms with Crippen LogP contribution >= 0.6 is 0 Å². The van der Waals surface area contributed by atoms with E-state index in [-0.39, 0.29) is 11.6 Å². The molecular formula is C12H15FN2O2. The van der Waals surface area contributed by atoms with Gasteiger partial charge in [-0.2, -0.15) is 0 Å². The fourth-order valence-electron chi connectivity index (χ4n) is 2.26. The zero-order valence-electron chi connectivity index (χ0n) is 9.64. The van der Waals surface area contributed by atoms with E-state index in [9.17, 15) is 14.3 Å². The first-order valence-electron chi connectivity index (χ1n) is 5.66. The minimum Gasteiger partial charge on any atom is -0.391 e. The molecule has 1 saturated carbocycles. The van der Waals surface area contributed by atoms with Gasteiger partial charge in [0, 0.05) is 13.2 Å². The first-order valence-corrected chi connectivity index (χ1v) is 5.66. The number of aliphatic hydroxyl groups excluding tert-OH is 1. The average Bonchev–Trinajstić information content (AvgIpc) is 2.74. The predicted octanol–water partition coefficient (Wildman–Crippen LogP) is 1.21. The Morgan fingerprint density at radius 3 is 2.94 bits per heavy atom. The molecule has 1 aliphatic carbocycles. The van der Waals surface area contributed by atoms with Gasteiger partial charge in [-0.3, -0.25) is 9.78 Å². The van der Waals surface area contributed by atoms with Crippen molar-refractivity contribution < 1.29 is 14.3 Å².